The second-order valence-electron chi connectivity index (χ2n) is 7.46. The van der Waals surface area contributed by atoms with Crippen molar-refractivity contribution >= 4 is 22.7 Å². The van der Waals surface area contributed by atoms with Crippen molar-refractivity contribution in [2.75, 3.05) is 25.0 Å². The van der Waals surface area contributed by atoms with Gasteiger partial charge in [0.15, 0.2) is 11.4 Å². The van der Waals surface area contributed by atoms with Crippen LogP contribution in [-0.2, 0) is 11.2 Å². The van der Waals surface area contributed by atoms with Crippen LogP contribution in [0, 0.1) is 0 Å². The Bertz CT molecular complexity index is 973. The summed E-state index contributed by atoms with van der Waals surface area (Å²) in [5.41, 5.74) is 2.51. The van der Waals surface area contributed by atoms with Gasteiger partial charge in [0.05, 0.1) is 18.2 Å². The number of rotatable bonds is 5. The van der Waals surface area contributed by atoms with Crippen molar-refractivity contribution in [3.63, 3.8) is 0 Å². The molecule has 1 amide bonds. The highest BCUT2D eigenvalue weighted by molar-refractivity contribution is 5.86. The number of anilines is 1. The summed E-state index contributed by atoms with van der Waals surface area (Å²) < 4.78 is 5.29. The van der Waals surface area contributed by atoms with E-state index in [-0.39, 0.29) is 18.4 Å². The molecule has 0 unspecified atom stereocenters. The van der Waals surface area contributed by atoms with Crippen molar-refractivity contribution in [1.29, 1.82) is 0 Å². The van der Waals surface area contributed by atoms with Crippen LogP contribution in [0.5, 0.6) is 0 Å². The minimum absolute atomic E-state index is 0.0499. The first-order chi connectivity index (χ1) is 13.2. The summed E-state index contributed by atoms with van der Waals surface area (Å²) in [5, 5.41) is 13.6. The van der Waals surface area contributed by atoms with E-state index in [2.05, 4.69) is 26.3 Å². The van der Waals surface area contributed by atoms with Gasteiger partial charge in [-0.2, -0.15) is 5.10 Å². The zero-order chi connectivity index (χ0) is 18.4. The van der Waals surface area contributed by atoms with E-state index in [0.29, 0.717) is 17.2 Å². The summed E-state index contributed by atoms with van der Waals surface area (Å²) in [6.07, 6.45) is 2.71. The highest BCUT2D eigenvalue weighted by Gasteiger charge is 2.34. The average Bonchev–Trinajstić information content (AvgIpc) is 3.43. The Labute approximate surface area is 156 Å². The minimum atomic E-state index is 0.0499. The van der Waals surface area contributed by atoms with E-state index < -0.39 is 0 Å². The van der Waals surface area contributed by atoms with Crippen LogP contribution in [0.15, 0.2) is 40.9 Å². The molecule has 2 aromatic heterocycles. The van der Waals surface area contributed by atoms with Crippen molar-refractivity contribution < 1.29 is 9.32 Å². The Kier molecular flexibility index (Phi) is 3.81. The SMILES string of the molecule is CN(C(=O)Cc1noc2ccccc12)C1CN(c2ccc(C3CC3)nn2)C1. The highest BCUT2D eigenvalue weighted by Crippen LogP contribution is 2.38. The van der Waals surface area contributed by atoms with Crippen molar-refractivity contribution in [1.82, 2.24) is 20.3 Å². The van der Waals surface area contributed by atoms with Gasteiger partial charge in [-0.15, -0.1) is 5.10 Å². The fourth-order valence-electron chi connectivity index (χ4n) is 3.53. The molecule has 3 heterocycles. The van der Waals surface area contributed by atoms with E-state index in [1.54, 1.807) is 0 Å². The fraction of sp³-hybridized carbons (Fsp3) is 0.400. The number of benzene rings is 1. The van der Waals surface area contributed by atoms with Gasteiger partial charge < -0.3 is 14.3 Å². The topological polar surface area (TPSA) is 75.4 Å². The van der Waals surface area contributed by atoms with Crippen LogP contribution in [0.4, 0.5) is 5.82 Å². The Morgan fingerprint density at radius 1 is 1.19 bits per heavy atom. The molecule has 3 aromatic rings. The summed E-state index contributed by atoms with van der Waals surface area (Å²) >= 11 is 0. The molecule has 1 aromatic carbocycles. The van der Waals surface area contributed by atoms with Gasteiger partial charge >= 0.3 is 0 Å². The van der Waals surface area contributed by atoms with Gasteiger partial charge in [-0.05, 0) is 37.1 Å². The maximum absolute atomic E-state index is 12.7. The van der Waals surface area contributed by atoms with Crippen LogP contribution in [0.3, 0.4) is 0 Å². The van der Waals surface area contributed by atoms with Crippen molar-refractivity contribution in [2.24, 2.45) is 0 Å². The molecule has 0 bridgehead atoms. The van der Waals surface area contributed by atoms with Crippen LogP contribution >= 0.6 is 0 Å². The van der Waals surface area contributed by atoms with Crippen LogP contribution in [0.25, 0.3) is 11.0 Å². The van der Waals surface area contributed by atoms with Crippen LogP contribution in [0.1, 0.15) is 30.1 Å². The Morgan fingerprint density at radius 2 is 2.00 bits per heavy atom. The lowest BCUT2D eigenvalue weighted by Crippen LogP contribution is -2.60. The summed E-state index contributed by atoms with van der Waals surface area (Å²) in [6, 6.07) is 11.9. The Morgan fingerprint density at radius 3 is 2.74 bits per heavy atom. The van der Waals surface area contributed by atoms with Gasteiger partial charge in [-0.25, -0.2) is 0 Å². The molecule has 7 heteroatoms. The number of fused-ring (bicyclic) bond motifs is 1. The monoisotopic (exact) mass is 363 g/mol. The molecule has 2 fully saturated rings. The second kappa shape index (κ2) is 6.33. The molecule has 1 saturated carbocycles. The molecule has 2 aliphatic rings. The molecule has 1 saturated heterocycles. The van der Waals surface area contributed by atoms with Crippen LogP contribution < -0.4 is 4.90 Å². The lowest BCUT2D eigenvalue weighted by molar-refractivity contribution is -0.131. The number of carbonyl (C=O) groups is 1. The Balaban J connectivity index is 1.19. The van der Waals surface area contributed by atoms with Gasteiger partial charge in [-0.3, -0.25) is 4.79 Å². The van der Waals surface area contributed by atoms with E-state index in [4.69, 9.17) is 4.52 Å². The lowest BCUT2D eigenvalue weighted by Gasteiger charge is -2.44. The zero-order valence-corrected chi connectivity index (χ0v) is 15.2. The molecule has 7 nitrogen and oxygen atoms in total. The third-order valence-corrected chi connectivity index (χ3v) is 5.56. The third-order valence-electron chi connectivity index (χ3n) is 5.56. The standard InChI is InChI=1S/C20H21N5O2/c1-24(20(26)10-17-15-4-2-3-5-18(15)27-23-17)14-11-25(12-14)19-9-8-16(21-22-19)13-6-7-13/h2-5,8-9,13-14H,6-7,10-12H2,1H3. The number of amides is 1. The third kappa shape index (κ3) is 3.03. The number of nitrogens with zero attached hydrogens (tertiary/aromatic N) is 5. The normalized spacial score (nSPS) is 17.1. The first kappa shape index (κ1) is 16.2. The summed E-state index contributed by atoms with van der Waals surface area (Å²) in [5.74, 6) is 1.56. The van der Waals surface area contributed by atoms with E-state index in [0.717, 1.165) is 30.0 Å². The van der Waals surface area contributed by atoms with E-state index in [9.17, 15) is 4.79 Å². The van der Waals surface area contributed by atoms with Gasteiger partial charge in [0.25, 0.3) is 0 Å². The highest BCUT2D eigenvalue weighted by atomic mass is 16.5. The minimum Gasteiger partial charge on any atom is -0.356 e. The lowest BCUT2D eigenvalue weighted by atomic mass is 10.1. The number of aromatic nitrogens is 3. The van der Waals surface area contributed by atoms with Crippen molar-refractivity contribution in [3.8, 4) is 0 Å². The Hall–Kier alpha value is -2.96. The summed E-state index contributed by atoms with van der Waals surface area (Å²) in [6.45, 7) is 1.55. The molecule has 0 radical (unpaired) electrons. The molecule has 1 aliphatic heterocycles. The molecule has 0 atom stereocenters. The van der Waals surface area contributed by atoms with Gasteiger partial charge in [0.2, 0.25) is 5.91 Å². The van der Waals surface area contributed by atoms with Gasteiger partial charge in [-0.1, -0.05) is 17.3 Å². The number of hydrogen-bond donors (Lipinski definition) is 0. The second-order valence-corrected chi connectivity index (χ2v) is 7.46. The molecule has 138 valence electrons. The summed E-state index contributed by atoms with van der Waals surface area (Å²) in [4.78, 5) is 16.6. The molecule has 0 spiro atoms. The van der Waals surface area contributed by atoms with Gasteiger partial charge in [0.1, 0.15) is 5.69 Å². The molecular formula is C20H21N5O2. The number of hydrogen-bond acceptors (Lipinski definition) is 6. The van der Waals surface area contributed by atoms with E-state index in [1.807, 2.05) is 42.3 Å². The first-order valence-electron chi connectivity index (χ1n) is 9.36. The number of para-hydroxylation sites is 1. The van der Waals surface area contributed by atoms with Crippen LogP contribution in [-0.4, -0.2) is 52.3 Å². The smallest absolute Gasteiger partial charge is 0.228 e. The van der Waals surface area contributed by atoms with Gasteiger partial charge in [0, 0.05) is 31.4 Å². The molecule has 0 N–H and O–H groups in total. The zero-order valence-electron chi connectivity index (χ0n) is 15.2. The first-order valence-corrected chi connectivity index (χ1v) is 9.36. The number of likely N-dealkylation sites (N-methyl/N-ethyl adjacent to an activating group) is 1. The van der Waals surface area contributed by atoms with E-state index >= 15 is 0 Å². The molecule has 27 heavy (non-hydrogen) atoms. The molecule has 1 aliphatic carbocycles. The van der Waals surface area contributed by atoms with Crippen molar-refractivity contribution in [3.05, 3.63) is 47.8 Å². The maximum Gasteiger partial charge on any atom is 0.228 e. The quantitative estimate of drug-likeness (QED) is 0.693. The molecular weight excluding hydrogens is 342 g/mol. The van der Waals surface area contributed by atoms with Crippen molar-refractivity contribution in [2.45, 2.75) is 31.2 Å². The number of carbonyl (C=O) groups excluding carboxylic acids is 1. The predicted octanol–water partition coefficient (Wildman–Crippen LogP) is 2.38. The molecule has 5 rings (SSSR count). The summed E-state index contributed by atoms with van der Waals surface area (Å²) in [7, 11) is 1.86. The average molecular weight is 363 g/mol. The largest absolute Gasteiger partial charge is 0.356 e. The van der Waals surface area contributed by atoms with E-state index in [1.165, 1.54) is 12.8 Å². The maximum atomic E-state index is 12.7. The fourth-order valence-corrected chi connectivity index (χ4v) is 3.53. The predicted molar refractivity (Wildman–Crippen MR) is 100 cm³/mol. The van der Waals surface area contributed by atoms with Crippen LogP contribution in [0.2, 0.25) is 0 Å².